The van der Waals surface area contributed by atoms with Crippen molar-refractivity contribution in [3.63, 3.8) is 0 Å². The molecule has 0 amide bonds. The third-order valence-electron chi connectivity index (χ3n) is 2.50. The van der Waals surface area contributed by atoms with Crippen LogP contribution in [0.4, 0.5) is 4.39 Å². The molecule has 0 radical (unpaired) electrons. The van der Waals surface area contributed by atoms with Crippen LogP contribution >= 0.6 is 0 Å². The van der Waals surface area contributed by atoms with Gasteiger partial charge in [-0.25, -0.2) is 9.18 Å². The first-order valence-corrected chi connectivity index (χ1v) is 4.77. The fourth-order valence-electron chi connectivity index (χ4n) is 1.30. The van der Waals surface area contributed by atoms with Crippen LogP contribution in [0.1, 0.15) is 19.5 Å². The van der Waals surface area contributed by atoms with E-state index in [0.29, 0.717) is 5.69 Å². The van der Waals surface area contributed by atoms with Crippen molar-refractivity contribution >= 4 is 5.97 Å². The Kier molecular flexibility index (Phi) is 3.59. The van der Waals surface area contributed by atoms with Gasteiger partial charge in [0.1, 0.15) is 5.82 Å². The van der Waals surface area contributed by atoms with Gasteiger partial charge in [-0.05, 0) is 12.1 Å². The van der Waals surface area contributed by atoms with E-state index in [1.54, 1.807) is 13.8 Å². The van der Waals surface area contributed by atoms with E-state index in [1.165, 1.54) is 19.2 Å². The number of hydrogen-bond acceptors (Lipinski definition) is 4. The first-order chi connectivity index (χ1) is 7.39. The molecule has 16 heavy (non-hydrogen) atoms. The van der Waals surface area contributed by atoms with Crippen LogP contribution in [0.25, 0.3) is 0 Å². The van der Waals surface area contributed by atoms with Crippen molar-refractivity contribution in [2.45, 2.75) is 25.4 Å². The summed E-state index contributed by atoms with van der Waals surface area (Å²) in [5.74, 6) is -1.21. The molecule has 1 unspecified atom stereocenters. The molecule has 0 aliphatic heterocycles. The van der Waals surface area contributed by atoms with E-state index < -0.39 is 23.3 Å². The number of halogens is 1. The minimum atomic E-state index is -1.34. The number of carbonyl (C=O) groups is 1. The van der Waals surface area contributed by atoms with Crippen LogP contribution in [-0.2, 0) is 14.9 Å². The zero-order chi connectivity index (χ0) is 12.3. The van der Waals surface area contributed by atoms with E-state index in [2.05, 4.69) is 9.72 Å². The van der Waals surface area contributed by atoms with Crippen LogP contribution in [-0.4, -0.2) is 29.3 Å². The average molecular weight is 227 g/mol. The summed E-state index contributed by atoms with van der Waals surface area (Å²) in [7, 11) is 1.19. The van der Waals surface area contributed by atoms with Gasteiger partial charge < -0.3 is 9.84 Å². The summed E-state index contributed by atoms with van der Waals surface area (Å²) in [6, 6.07) is 2.66. The summed E-state index contributed by atoms with van der Waals surface area (Å²) in [6.07, 6.45) is -0.295. The quantitative estimate of drug-likeness (QED) is 0.783. The Balaban J connectivity index is 3.01. The molecule has 1 heterocycles. The highest BCUT2D eigenvalue weighted by atomic mass is 19.1. The molecule has 0 fully saturated rings. The third kappa shape index (κ3) is 2.36. The number of carbonyl (C=O) groups excluding carboxylic acids is 1. The predicted molar refractivity (Wildman–Crippen MR) is 55.2 cm³/mol. The molecule has 0 bridgehead atoms. The molecule has 1 aromatic heterocycles. The molecule has 0 aliphatic rings. The van der Waals surface area contributed by atoms with Crippen molar-refractivity contribution in [3.8, 4) is 0 Å². The van der Waals surface area contributed by atoms with Crippen LogP contribution in [0, 0.1) is 5.82 Å². The van der Waals surface area contributed by atoms with Gasteiger partial charge in [0, 0.05) is 11.1 Å². The number of methoxy groups -OCH3 is 1. The summed E-state index contributed by atoms with van der Waals surface area (Å²) in [5.41, 5.74) is -0.507. The summed E-state index contributed by atoms with van der Waals surface area (Å²) in [5, 5.41) is 9.76. The van der Waals surface area contributed by atoms with Gasteiger partial charge in [-0.3, -0.25) is 4.98 Å². The van der Waals surface area contributed by atoms with Gasteiger partial charge in [0.25, 0.3) is 0 Å². The summed E-state index contributed by atoms with van der Waals surface area (Å²) in [6.45, 7) is 3.27. The Morgan fingerprint density at radius 1 is 1.56 bits per heavy atom. The molecule has 4 nitrogen and oxygen atoms in total. The molecule has 0 saturated carbocycles. The lowest BCUT2D eigenvalue weighted by molar-refractivity contribution is -0.153. The Bertz CT molecular complexity index is 375. The highest BCUT2D eigenvalue weighted by Crippen LogP contribution is 2.26. The third-order valence-corrected chi connectivity index (χ3v) is 2.50. The topological polar surface area (TPSA) is 59.4 Å². The maximum atomic E-state index is 12.7. The number of ether oxygens (including phenoxy) is 1. The average Bonchev–Trinajstić information content (AvgIpc) is 2.27. The van der Waals surface area contributed by atoms with Crippen LogP contribution in [0.3, 0.4) is 0 Å². The highest BCUT2D eigenvalue weighted by Gasteiger charge is 2.37. The number of esters is 1. The minimum absolute atomic E-state index is 0.423. The molecule has 1 rings (SSSR count). The number of aliphatic hydroxyl groups excluding tert-OH is 1. The van der Waals surface area contributed by atoms with Gasteiger partial charge >= 0.3 is 5.97 Å². The first-order valence-electron chi connectivity index (χ1n) is 4.77. The van der Waals surface area contributed by atoms with E-state index in [9.17, 15) is 14.3 Å². The standard InChI is InChI=1S/C11H14FNO3/c1-11(2,9(14)10(15)16-3)8-5-4-7(12)6-13-8/h4-6,9,14H,1-3H3. The maximum Gasteiger partial charge on any atom is 0.335 e. The van der Waals surface area contributed by atoms with Crippen molar-refractivity contribution < 1.29 is 19.0 Å². The highest BCUT2D eigenvalue weighted by molar-refractivity contribution is 5.76. The second-order valence-electron chi connectivity index (χ2n) is 4.01. The smallest absolute Gasteiger partial charge is 0.335 e. The summed E-state index contributed by atoms with van der Waals surface area (Å²) in [4.78, 5) is 15.1. The van der Waals surface area contributed by atoms with E-state index >= 15 is 0 Å². The van der Waals surface area contributed by atoms with Crippen LogP contribution in [0.2, 0.25) is 0 Å². The van der Waals surface area contributed by atoms with E-state index in [4.69, 9.17) is 0 Å². The molecular weight excluding hydrogens is 213 g/mol. The second kappa shape index (κ2) is 4.57. The molecule has 0 saturated heterocycles. The molecule has 5 heteroatoms. The molecule has 0 spiro atoms. The Morgan fingerprint density at radius 3 is 2.62 bits per heavy atom. The number of hydrogen-bond donors (Lipinski definition) is 1. The zero-order valence-electron chi connectivity index (χ0n) is 9.40. The monoisotopic (exact) mass is 227 g/mol. The van der Waals surface area contributed by atoms with E-state index in [1.807, 2.05) is 0 Å². The van der Waals surface area contributed by atoms with Gasteiger partial charge in [0.2, 0.25) is 0 Å². The van der Waals surface area contributed by atoms with Gasteiger partial charge in [0.05, 0.1) is 13.3 Å². The molecule has 88 valence electrons. The Hall–Kier alpha value is -1.49. The van der Waals surface area contributed by atoms with Crippen molar-refractivity contribution in [2.75, 3.05) is 7.11 Å². The summed E-state index contributed by atoms with van der Waals surface area (Å²) >= 11 is 0. The molecule has 1 atom stereocenters. The Morgan fingerprint density at radius 2 is 2.19 bits per heavy atom. The Labute approximate surface area is 93.1 Å². The normalized spacial score (nSPS) is 13.3. The fourth-order valence-corrected chi connectivity index (χ4v) is 1.30. The van der Waals surface area contributed by atoms with E-state index in [0.717, 1.165) is 6.20 Å². The number of rotatable bonds is 3. The lowest BCUT2D eigenvalue weighted by atomic mass is 9.82. The molecule has 1 aromatic rings. The molecule has 0 aromatic carbocycles. The first kappa shape index (κ1) is 12.6. The summed E-state index contributed by atoms with van der Waals surface area (Å²) < 4.78 is 17.1. The fraction of sp³-hybridized carbons (Fsp3) is 0.455. The predicted octanol–water partition coefficient (Wildman–Crippen LogP) is 1.03. The number of nitrogens with zero attached hydrogens (tertiary/aromatic N) is 1. The minimum Gasteiger partial charge on any atom is -0.467 e. The second-order valence-corrected chi connectivity index (χ2v) is 4.01. The maximum absolute atomic E-state index is 12.7. The zero-order valence-corrected chi connectivity index (χ0v) is 9.40. The molecule has 0 aliphatic carbocycles. The van der Waals surface area contributed by atoms with Gasteiger partial charge in [-0.15, -0.1) is 0 Å². The number of aromatic nitrogens is 1. The number of pyridine rings is 1. The van der Waals surface area contributed by atoms with Crippen molar-refractivity contribution in [1.29, 1.82) is 0 Å². The van der Waals surface area contributed by atoms with E-state index in [-0.39, 0.29) is 0 Å². The van der Waals surface area contributed by atoms with Gasteiger partial charge in [0.15, 0.2) is 6.10 Å². The van der Waals surface area contributed by atoms with Crippen molar-refractivity contribution in [3.05, 3.63) is 29.8 Å². The largest absolute Gasteiger partial charge is 0.467 e. The lowest BCUT2D eigenvalue weighted by Crippen LogP contribution is -2.41. The number of aliphatic hydroxyl groups is 1. The van der Waals surface area contributed by atoms with Gasteiger partial charge in [-0.2, -0.15) is 0 Å². The van der Waals surface area contributed by atoms with Crippen LogP contribution < -0.4 is 0 Å². The van der Waals surface area contributed by atoms with Crippen molar-refractivity contribution in [1.82, 2.24) is 4.98 Å². The van der Waals surface area contributed by atoms with Crippen molar-refractivity contribution in [2.24, 2.45) is 0 Å². The van der Waals surface area contributed by atoms with Crippen LogP contribution in [0.15, 0.2) is 18.3 Å². The van der Waals surface area contributed by atoms with Crippen LogP contribution in [0.5, 0.6) is 0 Å². The van der Waals surface area contributed by atoms with Gasteiger partial charge in [-0.1, -0.05) is 13.8 Å². The molecular formula is C11H14FNO3. The lowest BCUT2D eigenvalue weighted by Gasteiger charge is -2.27. The molecule has 1 N–H and O–H groups in total. The SMILES string of the molecule is COC(=O)C(O)C(C)(C)c1ccc(F)cn1.